The van der Waals surface area contributed by atoms with Gasteiger partial charge in [0.15, 0.2) is 0 Å². The highest BCUT2D eigenvalue weighted by Crippen LogP contribution is 2.26. The van der Waals surface area contributed by atoms with Crippen molar-refractivity contribution in [3.63, 3.8) is 0 Å². The molecule has 0 amide bonds. The number of fused-ring (bicyclic) bond motifs is 1. The van der Waals surface area contributed by atoms with Gasteiger partial charge in [-0.2, -0.15) is 4.31 Å². The Labute approximate surface area is 158 Å². The molecule has 3 aromatic rings. The highest BCUT2D eigenvalue weighted by Gasteiger charge is 2.25. The molecule has 0 saturated carbocycles. The molecule has 26 heavy (non-hydrogen) atoms. The maximum atomic E-state index is 13.4. The lowest BCUT2D eigenvalue weighted by Crippen LogP contribution is -2.34. The first-order valence-electron chi connectivity index (χ1n) is 8.68. The number of unbranched alkanes of at least 4 members (excludes halogenated alkanes) is 1. The number of hydrogen-bond acceptors (Lipinski definition) is 5. The van der Waals surface area contributed by atoms with Gasteiger partial charge in [0.1, 0.15) is 0 Å². The summed E-state index contributed by atoms with van der Waals surface area (Å²) in [5.74, 6) is 0. The second kappa shape index (κ2) is 8.73. The second-order valence-electron chi connectivity index (χ2n) is 6.08. The zero-order chi connectivity index (χ0) is 18.4. The summed E-state index contributed by atoms with van der Waals surface area (Å²) in [5.41, 5.74) is 5.59. The smallest absolute Gasteiger partial charge is 0.243 e. The van der Waals surface area contributed by atoms with E-state index in [1.165, 1.54) is 4.88 Å². The van der Waals surface area contributed by atoms with Crippen LogP contribution in [0.4, 0.5) is 0 Å². The molecule has 2 aromatic heterocycles. The molecule has 3 rings (SSSR count). The summed E-state index contributed by atoms with van der Waals surface area (Å²) in [6, 6.07) is 11.1. The van der Waals surface area contributed by atoms with Crippen LogP contribution in [0.5, 0.6) is 0 Å². The standard InChI is InChI=1S/C19H23N3O2S2/c20-10-1-2-12-22(13-9-17-6-4-14-25-17)26(23,24)19-7-3-5-16-15-21-11-8-18(16)19/h3-8,11,14-15H,1-2,9-10,12-13,20H2. The molecule has 0 saturated heterocycles. The number of sulfonamides is 1. The van der Waals surface area contributed by atoms with Gasteiger partial charge in [0, 0.05) is 41.1 Å². The molecule has 0 bridgehead atoms. The third kappa shape index (κ3) is 4.29. The number of nitrogens with zero attached hydrogens (tertiary/aromatic N) is 2. The van der Waals surface area contributed by atoms with Gasteiger partial charge in [0.05, 0.1) is 4.90 Å². The van der Waals surface area contributed by atoms with Crippen molar-refractivity contribution in [3.8, 4) is 0 Å². The van der Waals surface area contributed by atoms with Gasteiger partial charge in [-0.25, -0.2) is 8.42 Å². The maximum absolute atomic E-state index is 13.4. The van der Waals surface area contributed by atoms with Gasteiger partial charge >= 0.3 is 0 Å². The first-order valence-corrected chi connectivity index (χ1v) is 11.0. The monoisotopic (exact) mass is 389 g/mol. The number of benzene rings is 1. The number of aromatic nitrogens is 1. The SMILES string of the molecule is NCCCCN(CCc1cccs1)S(=O)(=O)c1cccc2cnccc12. The fourth-order valence-electron chi connectivity index (χ4n) is 2.93. The lowest BCUT2D eigenvalue weighted by molar-refractivity contribution is 0.405. The zero-order valence-corrected chi connectivity index (χ0v) is 16.2. The third-order valence-electron chi connectivity index (χ3n) is 4.31. The molecule has 0 fully saturated rings. The van der Waals surface area contributed by atoms with Crippen molar-refractivity contribution in [2.45, 2.75) is 24.2 Å². The minimum absolute atomic E-state index is 0.344. The van der Waals surface area contributed by atoms with Crippen molar-refractivity contribution in [3.05, 3.63) is 59.0 Å². The van der Waals surface area contributed by atoms with E-state index in [-0.39, 0.29) is 0 Å². The number of nitrogens with two attached hydrogens (primary N) is 1. The van der Waals surface area contributed by atoms with Crippen molar-refractivity contribution in [2.24, 2.45) is 5.73 Å². The van der Waals surface area contributed by atoms with Crippen molar-refractivity contribution < 1.29 is 8.42 Å². The molecule has 0 spiro atoms. The van der Waals surface area contributed by atoms with E-state index < -0.39 is 10.0 Å². The van der Waals surface area contributed by atoms with Crippen LogP contribution in [0.1, 0.15) is 17.7 Å². The van der Waals surface area contributed by atoms with Gasteiger partial charge in [0.2, 0.25) is 10.0 Å². The van der Waals surface area contributed by atoms with Crippen molar-refractivity contribution in [1.82, 2.24) is 9.29 Å². The van der Waals surface area contributed by atoms with Crippen LogP contribution in [-0.4, -0.2) is 37.3 Å². The number of pyridine rings is 1. The molecule has 2 heterocycles. The molecule has 1 aromatic carbocycles. The molecule has 2 N–H and O–H groups in total. The molecular formula is C19H23N3O2S2. The molecule has 0 unspecified atom stereocenters. The Morgan fingerprint density at radius 2 is 1.96 bits per heavy atom. The predicted molar refractivity (Wildman–Crippen MR) is 107 cm³/mol. The molecule has 0 aliphatic rings. The van der Waals surface area contributed by atoms with Crippen LogP contribution in [0.3, 0.4) is 0 Å². The Morgan fingerprint density at radius 1 is 1.08 bits per heavy atom. The molecule has 5 nitrogen and oxygen atoms in total. The highest BCUT2D eigenvalue weighted by atomic mass is 32.2. The minimum atomic E-state index is -3.59. The lowest BCUT2D eigenvalue weighted by Gasteiger charge is -2.23. The Hall–Kier alpha value is -1.80. The first-order chi connectivity index (χ1) is 12.6. The molecule has 0 aliphatic heterocycles. The lowest BCUT2D eigenvalue weighted by atomic mass is 10.2. The molecule has 0 atom stereocenters. The fourth-order valence-corrected chi connectivity index (χ4v) is 5.32. The Balaban J connectivity index is 1.91. The molecule has 0 aliphatic carbocycles. The van der Waals surface area contributed by atoms with E-state index in [0.717, 1.165) is 18.2 Å². The van der Waals surface area contributed by atoms with Gasteiger partial charge in [0.25, 0.3) is 0 Å². The van der Waals surface area contributed by atoms with Gasteiger partial charge < -0.3 is 5.73 Å². The molecule has 7 heteroatoms. The van der Waals surface area contributed by atoms with Crippen LogP contribution in [0.2, 0.25) is 0 Å². The number of thiophene rings is 1. The van der Waals surface area contributed by atoms with Crippen LogP contribution in [0, 0.1) is 0 Å². The molecular weight excluding hydrogens is 366 g/mol. The average molecular weight is 390 g/mol. The minimum Gasteiger partial charge on any atom is -0.330 e. The second-order valence-corrected chi connectivity index (χ2v) is 9.02. The summed E-state index contributed by atoms with van der Waals surface area (Å²) < 4.78 is 28.4. The largest absolute Gasteiger partial charge is 0.330 e. The van der Waals surface area contributed by atoms with E-state index in [4.69, 9.17) is 5.73 Å². The quantitative estimate of drug-likeness (QED) is 0.570. The summed E-state index contributed by atoms with van der Waals surface area (Å²) in [6.45, 7) is 1.51. The predicted octanol–water partition coefficient (Wildman–Crippen LogP) is 3.27. The van der Waals surface area contributed by atoms with Gasteiger partial charge in [-0.1, -0.05) is 18.2 Å². The zero-order valence-electron chi connectivity index (χ0n) is 14.5. The van der Waals surface area contributed by atoms with Gasteiger partial charge in [-0.3, -0.25) is 4.98 Å². The Morgan fingerprint density at radius 3 is 2.73 bits per heavy atom. The average Bonchev–Trinajstić information content (AvgIpc) is 3.17. The van der Waals surface area contributed by atoms with E-state index in [1.807, 2.05) is 23.6 Å². The first kappa shape index (κ1) is 19.0. The van der Waals surface area contributed by atoms with E-state index in [9.17, 15) is 8.42 Å². The van der Waals surface area contributed by atoms with Gasteiger partial charge in [-0.05, 0) is 49.4 Å². The van der Waals surface area contributed by atoms with Crippen molar-refractivity contribution >= 4 is 32.1 Å². The summed E-state index contributed by atoms with van der Waals surface area (Å²) in [5, 5.41) is 3.55. The summed E-state index contributed by atoms with van der Waals surface area (Å²) in [6.07, 6.45) is 5.60. The summed E-state index contributed by atoms with van der Waals surface area (Å²) in [4.78, 5) is 5.62. The maximum Gasteiger partial charge on any atom is 0.243 e. The topological polar surface area (TPSA) is 76.3 Å². The van der Waals surface area contributed by atoms with Crippen LogP contribution in [-0.2, 0) is 16.4 Å². The van der Waals surface area contributed by atoms with E-state index in [2.05, 4.69) is 4.98 Å². The third-order valence-corrected chi connectivity index (χ3v) is 7.20. The van der Waals surface area contributed by atoms with Crippen LogP contribution < -0.4 is 5.73 Å². The number of rotatable bonds is 9. The number of hydrogen-bond donors (Lipinski definition) is 1. The van der Waals surface area contributed by atoms with E-state index in [1.54, 1.807) is 46.2 Å². The van der Waals surface area contributed by atoms with Crippen molar-refractivity contribution in [2.75, 3.05) is 19.6 Å². The summed E-state index contributed by atoms with van der Waals surface area (Å²) in [7, 11) is -3.59. The highest BCUT2D eigenvalue weighted by molar-refractivity contribution is 7.89. The van der Waals surface area contributed by atoms with Gasteiger partial charge in [-0.15, -0.1) is 11.3 Å². The van der Waals surface area contributed by atoms with Crippen LogP contribution in [0.15, 0.2) is 59.1 Å². The summed E-state index contributed by atoms with van der Waals surface area (Å²) >= 11 is 1.65. The van der Waals surface area contributed by atoms with Crippen LogP contribution >= 0.6 is 11.3 Å². The molecule has 138 valence electrons. The van der Waals surface area contributed by atoms with E-state index >= 15 is 0 Å². The van der Waals surface area contributed by atoms with Crippen molar-refractivity contribution in [1.29, 1.82) is 0 Å². The Kier molecular flexibility index (Phi) is 6.37. The van der Waals surface area contributed by atoms with E-state index in [0.29, 0.717) is 36.3 Å². The van der Waals surface area contributed by atoms with Crippen LogP contribution in [0.25, 0.3) is 10.8 Å². The fraction of sp³-hybridized carbons (Fsp3) is 0.316. The normalized spacial score (nSPS) is 12.1. The molecule has 0 radical (unpaired) electrons. The Bertz CT molecular complexity index is 935.